The molecule has 7 heteroatoms. The molecule has 1 fully saturated rings. The molecule has 112 valence electrons. The largest absolute Gasteiger partial charge is 0.480 e. The first-order valence-electron chi connectivity index (χ1n) is 6.70. The molecule has 1 aliphatic rings. The minimum absolute atomic E-state index is 0.222. The van der Waals surface area contributed by atoms with Gasteiger partial charge in [-0.25, -0.2) is 4.79 Å². The molecule has 20 heavy (non-hydrogen) atoms. The van der Waals surface area contributed by atoms with E-state index in [1.54, 1.807) is 0 Å². The number of methoxy groups -OCH3 is 1. The van der Waals surface area contributed by atoms with Crippen LogP contribution in [0, 0.1) is 17.2 Å². The topological polar surface area (TPSA) is 93.9 Å². The van der Waals surface area contributed by atoms with E-state index in [1.165, 1.54) is 16.9 Å². The normalized spacial score (nSPS) is 13.6. The van der Waals surface area contributed by atoms with E-state index >= 15 is 0 Å². The summed E-state index contributed by atoms with van der Waals surface area (Å²) in [6, 6.07) is 1.67. The Balaban J connectivity index is 2.63. The first-order chi connectivity index (χ1) is 9.58. The second-order valence-corrected chi connectivity index (χ2v) is 4.89. The van der Waals surface area contributed by atoms with Crippen LogP contribution >= 0.6 is 0 Å². The van der Waals surface area contributed by atoms with Gasteiger partial charge < -0.3 is 19.6 Å². The van der Waals surface area contributed by atoms with Gasteiger partial charge in [-0.15, -0.1) is 0 Å². The number of carbonyl (C=O) groups excluding carboxylic acids is 1. The van der Waals surface area contributed by atoms with E-state index in [0.29, 0.717) is 32.2 Å². The van der Waals surface area contributed by atoms with Gasteiger partial charge in [0.25, 0.3) is 0 Å². The number of rotatable bonds is 9. The zero-order valence-corrected chi connectivity index (χ0v) is 11.7. The maximum Gasteiger partial charge on any atom is 0.323 e. The number of hydrogen-bond donors (Lipinski definition) is 1. The van der Waals surface area contributed by atoms with Crippen LogP contribution in [0.25, 0.3) is 0 Å². The molecule has 0 aliphatic heterocycles. The maximum absolute atomic E-state index is 12.4. The number of carboxylic acids is 1. The number of hydrogen-bond acceptors (Lipinski definition) is 4. The Hall–Kier alpha value is -1.81. The highest BCUT2D eigenvalue weighted by molar-refractivity contribution is 5.80. The Morgan fingerprint density at radius 2 is 2.05 bits per heavy atom. The highest BCUT2D eigenvalue weighted by Crippen LogP contribution is 2.29. The number of aliphatic carboxylic acids is 1. The van der Waals surface area contributed by atoms with Gasteiger partial charge >= 0.3 is 12.0 Å². The predicted molar refractivity (Wildman–Crippen MR) is 71.0 cm³/mol. The molecule has 0 radical (unpaired) electrons. The van der Waals surface area contributed by atoms with Crippen molar-refractivity contribution in [3.05, 3.63) is 0 Å². The lowest BCUT2D eigenvalue weighted by molar-refractivity contribution is -0.137. The smallest absolute Gasteiger partial charge is 0.323 e. The monoisotopic (exact) mass is 283 g/mol. The molecule has 0 aromatic heterocycles. The zero-order valence-electron chi connectivity index (χ0n) is 11.7. The van der Waals surface area contributed by atoms with Crippen molar-refractivity contribution in [2.45, 2.75) is 19.3 Å². The maximum atomic E-state index is 12.4. The number of nitrogens with zero attached hydrogens (tertiary/aromatic N) is 3. The summed E-state index contributed by atoms with van der Waals surface area (Å²) in [5, 5.41) is 17.5. The van der Waals surface area contributed by atoms with E-state index in [2.05, 4.69) is 0 Å². The summed E-state index contributed by atoms with van der Waals surface area (Å²) in [6.45, 7) is 1.19. The van der Waals surface area contributed by atoms with Gasteiger partial charge in [-0.2, -0.15) is 5.26 Å². The van der Waals surface area contributed by atoms with Crippen molar-refractivity contribution in [3.63, 3.8) is 0 Å². The Morgan fingerprint density at radius 1 is 1.35 bits per heavy atom. The van der Waals surface area contributed by atoms with Crippen molar-refractivity contribution in [3.8, 4) is 6.07 Å². The average Bonchev–Trinajstić information content (AvgIpc) is 3.21. The van der Waals surface area contributed by atoms with Crippen molar-refractivity contribution >= 4 is 12.0 Å². The van der Waals surface area contributed by atoms with E-state index < -0.39 is 5.97 Å². The van der Waals surface area contributed by atoms with Crippen LogP contribution in [0.2, 0.25) is 0 Å². The molecule has 0 aromatic rings. The molecule has 7 nitrogen and oxygen atoms in total. The highest BCUT2D eigenvalue weighted by atomic mass is 16.5. The average molecular weight is 283 g/mol. The van der Waals surface area contributed by atoms with Crippen LogP contribution in [0.3, 0.4) is 0 Å². The molecule has 0 unspecified atom stereocenters. The number of ether oxygens (including phenoxy) is 1. The van der Waals surface area contributed by atoms with E-state index in [4.69, 9.17) is 15.1 Å². The summed E-state index contributed by atoms with van der Waals surface area (Å²) in [5.41, 5.74) is 0. The van der Waals surface area contributed by atoms with Crippen LogP contribution in [-0.4, -0.2) is 66.8 Å². The second-order valence-electron chi connectivity index (χ2n) is 4.89. The van der Waals surface area contributed by atoms with Gasteiger partial charge in [0.05, 0.1) is 19.1 Å². The molecule has 1 rings (SSSR count). The predicted octanol–water partition coefficient (Wildman–Crippen LogP) is 0.765. The van der Waals surface area contributed by atoms with Crippen LogP contribution < -0.4 is 0 Å². The second kappa shape index (κ2) is 8.38. The molecule has 0 heterocycles. The SMILES string of the molecule is COCCN(CCC#N)C(=O)N(CC(=O)O)CC1CC1. The lowest BCUT2D eigenvalue weighted by atomic mass is 10.3. The number of carboxylic acid groups (broad SMARTS) is 1. The summed E-state index contributed by atoms with van der Waals surface area (Å²) in [7, 11) is 1.53. The number of amides is 2. The first kappa shape index (κ1) is 16.2. The Morgan fingerprint density at radius 3 is 2.55 bits per heavy atom. The van der Waals surface area contributed by atoms with Gasteiger partial charge in [-0.3, -0.25) is 4.79 Å². The van der Waals surface area contributed by atoms with Crippen LogP contribution in [0.15, 0.2) is 0 Å². The molecule has 1 N–H and O–H groups in total. The fourth-order valence-corrected chi connectivity index (χ4v) is 1.88. The van der Waals surface area contributed by atoms with Gasteiger partial charge in [-0.1, -0.05) is 0 Å². The fourth-order valence-electron chi connectivity index (χ4n) is 1.88. The van der Waals surface area contributed by atoms with Gasteiger partial charge in [0.1, 0.15) is 6.54 Å². The molecule has 0 bridgehead atoms. The quantitative estimate of drug-likeness (QED) is 0.674. The Bertz CT molecular complexity index is 376. The molecule has 0 atom stereocenters. The van der Waals surface area contributed by atoms with E-state index in [9.17, 15) is 9.59 Å². The summed E-state index contributed by atoms with van der Waals surface area (Å²) >= 11 is 0. The van der Waals surface area contributed by atoms with Crippen LogP contribution in [-0.2, 0) is 9.53 Å². The lowest BCUT2D eigenvalue weighted by Gasteiger charge is -2.29. The summed E-state index contributed by atoms with van der Waals surface area (Å²) in [5.74, 6) is -0.607. The van der Waals surface area contributed by atoms with Gasteiger partial charge in [0, 0.05) is 26.7 Å². The van der Waals surface area contributed by atoms with E-state index in [-0.39, 0.29) is 19.0 Å². The fraction of sp³-hybridized carbons (Fsp3) is 0.769. The molecule has 1 aliphatic carbocycles. The molecular weight excluding hydrogens is 262 g/mol. The number of urea groups is 1. The molecule has 1 saturated carbocycles. The van der Waals surface area contributed by atoms with E-state index in [1.807, 2.05) is 6.07 Å². The minimum Gasteiger partial charge on any atom is -0.480 e. The van der Waals surface area contributed by atoms with Crippen molar-refractivity contribution in [1.82, 2.24) is 9.80 Å². The third-order valence-electron chi connectivity index (χ3n) is 3.10. The van der Waals surface area contributed by atoms with Crippen LogP contribution in [0.4, 0.5) is 4.79 Å². The number of carbonyl (C=O) groups is 2. The molecule has 0 aromatic carbocycles. The summed E-state index contributed by atoms with van der Waals surface area (Å²) in [6.07, 6.45) is 2.30. The van der Waals surface area contributed by atoms with Gasteiger partial charge in [-0.05, 0) is 18.8 Å². The van der Waals surface area contributed by atoms with Crippen molar-refractivity contribution in [1.29, 1.82) is 5.26 Å². The molecule has 2 amide bonds. The van der Waals surface area contributed by atoms with Crippen molar-refractivity contribution in [2.24, 2.45) is 5.92 Å². The van der Waals surface area contributed by atoms with E-state index in [0.717, 1.165) is 12.8 Å². The van der Waals surface area contributed by atoms with Crippen LogP contribution in [0.5, 0.6) is 0 Å². The Labute approximate surface area is 118 Å². The minimum atomic E-state index is -1.02. The van der Waals surface area contributed by atoms with Crippen molar-refractivity contribution in [2.75, 3.05) is 39.9 Å². The molecule has 0 saturated heterocycles. The van der Waals surface area contributed by atoms with Crippen LogP contribution in [0.1, 0.15) is 19.3 Å². The van der Waals surface area contributed by atoms with Gasteiger partial charge in [0.15, 0.2) is 0 Å². The Kier molecular flexibility index (Phi) is 6.81. The van der Waals surface area contributed by atoms with Crippen molar-refractivity contribution < 1.29 is 19.4 Å². The summed E-state index contributed by atoms with van der Waals surface area (Å²) in [4.78, 5) is 26.1. The molecule has 0 spiro atoms. The van der Waals surface area contributed by atoms with Gasteiger partial charge in [0.2, 0.25) is 0 Å². The highest BCUT2D eigenvalue weighted by Gasteiger charge is 2.30. The first-order valence-corrected chi connectivity index (χ1v) is 6.70. The molecular formula is C13H21N3O4. The third-order valence-corrected chi connectivity index (χ3v) is 3.10. The lowest BCUT2D eigenvalue weighted by Crippen LogP contribution is -2.47. The third kappa shape index (κ3) is 5.89. The standard InChI is InChI=1S/C13H21N3O4/c1-20-8-7-15(6-2-5-14)13(19)16(10-12(17)18)9-11-3-4-11/h11H,2-4,6-10H2,1H3,(H,17,18). The summed E-state index contributed by atoms with van der Waals surface area (Å²) < 4.78 is 4.95. The zero-order chi connectivity index (χ0) is 15.0. The number of nitriles is 1.